The van der Waals surface area contributed by atoms with Crippen molar-refractivity contribution in [3.8, 4) is 0 Å². The van der Waals surface area contributed by atoms with Crippen LogP contribution in [0.1, 0.15) is 60.8 Å². The van der Waals surface area contributed by atoms with E-state index in [2.05, 4.69) is 56.7 Å². The van der Waals surface area contributed by atoms with E-state index in [9.17, 15) is 0 Å². The molecule has 1 saturated heterocycles. The number of rotatable bonds is 8. The van der Waals surface area contributed by atoms with Crippen LogP contribution in [0.2, 0.25) is 0 Å². The molecule has 0 radical (unpaired) electrons. The van der Waals surface area contributed by atoms with E-state index in [1.807, 2.05) is 0 Å². The summed E-state index contributed by atoms with van der Waals surface area (Å²) in [7, 11) is 0. The van der Waals surface area contributed by atoms with Gasteiger partial charge < -0.3 is 10.2 Å². The van der Waals surface area contributed by atoms with E-state index in [4.69, 9.17) is 0 Å². The number of nitrogens with one attached hydrogen (secondary N) is 1. The third kappa shape index (κ3) is 6.66. The SMILES string of the molecule is CCCNC(CCN1CCN(C(C)CC)CC1)C(C)(C)C. The average Bonchev–Trinajstić information content (AvgIpc) is 2.45. The molecular weight excluding hydrogens is 258 g/mol. The fourth-order valence-corrected chi connectivity index (χ4v) is 3.16. The van der Waals surface area contributed by atoms with Gasteiger partial charge in [0.2, 0.25) is 0 Å². The predicted molar refractivity (Wildman–Crippen MR) is 93.9 cm³/mol. The first-order valence-electron chi connectivity index (χ1n) is 9.08. The molecule has 1 N–H and O–H groups in total. The highest BCUT2D eigenvalue weighted by Crippen LogP contribution is 2.22. The summed E-state index contributed by atoms with van der Waals surface area (Å²) in [5.74, 6) is 0. The Hall–Kier alpha value is -0.120. The van der Waals surface area contributed by atoms with Gasteiger partial charge in [0.05, 0.1) is 0 Å². The highest BCUT2D eigenvalue weighted by molar-refractivity contribution is 4.83. The van der Waals surface area contributed by atoms with Crippen LogP contribution >= 0.6 is 0 Å². The second-order valence-electron chi connectivity index (χ2n) is 7.80. The Bertz CT molecular complexity index is 264. The lowest BCUT2D eigenvalue weighted by Crippen LogP contribution is -2.51. The standard InChI is InChI=1S/C18H39N3/c1-7-10-19-17(18(4,5)6)9-11-20-12-14-21(15-13-20)16(3)8-2/h16-17,19H,7-15H2,1-6H3. The van der Waals surface area contributed by atoms with Crippen LogP contribution in [-0.2, 0) is 0 Å². The van der Waals surface area contributed by atoms with Crippen molar-refractivity contribution in [1.29, 1.82) is 0 Å². The predicted octanol–water partition coefficient (Wildman–Crippen LogP) is 3.21. The van der Waals surface area contributed by atoms with Gasteiger partial charge in [0, 0.05) is 38.3 Å². The molecule has 0 bridgehead atoms. The van der Waals surface area contributed by atoms with Crippen molar-refractivity contribution >= 4 is 0 Å². The maximum Gasteiger partial charge on any atom is 0.0128 e. The molecule has 0 spiro atoms. The van der Waals surface area contributed by atoms with Gasteiger partial charge in [-0.25, -0.2) is 0 Å². The summed E-state index contributed by atoms with van der Waals surface area (Å²) < 4.78 is 0. The first-order valence-corrected chi connectivity index (χ1v) is 9.08. The molecule has 1 heterocycles. The molecule has 1 aliphatic rings. The Morgan fingerprint density at radius 2 is 1.67 bits per heavy atom. The lowest BCUT2D eigenvalue weighted by molar-refractivity contribution is 0.0933. The second kappa shape index (κ2) is 9.12. The lowest BCUT2D eigenvalue weighted by Gasteiger charge is -2.39. The summed E-state index contributed by atoms with van der Waals surface area (Å²) in [4.78, 5) is 5.30. The van der Waals surface area contributed by atoms with Gasteiger partial charge in [-0.2, -0.15) is 0 Å². The van der Waals surface area contributed by atoms with Crippen molar-refractivity contribution in [3.05, 3.63) is 0 Å². The molecule has 126 valence electrons. The fraction of sp³-hybridized carbons (Fsp3) is 1.00. The molecule has 1 aliphatic heterocycles. The number of nitrogens with zero attached hydrogens (tertiary/aromatic N) is 2. The van der Waals surface area contributed by atoms with Crippen molar-refractivity contribution in [2.24, 2.45) is 5.41 Å². The zero-order valence-corrected chi connectivity index (χ0v) is 15.4. The van der Waals surface area contributed by atoms with Crippen LogP contribution in [0, 0.1) is 5.41 Å². The molecular formula is C18H39N3. The normalized spacial score (nSPS) is 21.4. The Balaban J connectivity index is 2.34. The van der Waals surface area contributed by atoms with E-state index in [-0.39, 0.29) is 0 Å². The minimum Gasteiger partial charge on any atom is -0.313 e. The van der Waals surface area contributed by atoms with Gasteiger partial charge in [-0.3, -0.25) is 4.90 Å². The smallest absolute Gasteiger partial charge is 0.0128 e. The maximum absolute atomic E-state index is 3.75. The number of piperazine rings is 1. The van der Waals surface area contributed by atoms with Crippen molar-refractivity contribution in [3.63, 3.8) is 0 Å². The summed E-state index contributed by atoms with van der Waals surface area (Å²) >= 11 is 0. The van der Waals surface area contributed by atoms with Gasteiger partial charge in [-0.1, -0.05) is 34.6 Å². The minimum atomic E-state index is 0.355. The lowest BCUT2D eigenvalue weighted by atomic mass is 9.84. The average molecular weight is 298 g/mol. The Labute approximate surface area is 133 Å². The molecule has 21 heavy (non-hydrogen) atoms. The van der Waals surface area contributed by atoms with Crippen LogP contribution in [-0.4, -0.2) is 61.2 Å². The van der Waals surface area contributed by atoms with Gasteiger partial charge in [0.15, 0.2) is 0 Å². The quantitative estimate of drug-likeness (QED) is 0.742. The van der Waals surface area contributed by atoms with Gasteiger partial charge in [-0.15, -0.1) is 0 Å². The van der Waals surface area contributed by atoms with Crippen LogP contribution in [0.3, 0.4) is 0 Å². The number of hydrogen-bond acceptors (Lipinski definition) is 3. The fourth-order valence-electron chi connectivity index (χ4n) is 3.16. The maximum atomic E-state index is 3.75. The van der Waals surface area contributed by atoms with Crippen molar-refractivity contribution in [2.45, 2.75) is 72.9 Å². The molecule has 0 aromatic carbocycles. The third-order valence-corrected chi connectivity index (χ3v) is 5.04. The van der Waals surface area contributed by atoms with Gasteiger partial charge in [0.1, 0.15) is 0 Å². The molecule has 0 aliphatic carbocycles. The molecule has 0 aromatic rings. The van der Waals surface area contributed by atoms with Crippen LogP contribution < -0.4 is 5.32 Å². The van der Waals surface area contributed by atoms with Gasteiger partial charge in [-0.05, 0) is 44.7 Å². The Morgan fingerprint density at radius 3 is 2.14 bits per heavy atom. The van der Waals surface area contributed by atoms with Crippen LogP contribution in [0.5, 0.6) is 0 Å². The monoisotopic (exact) mass is 297 g/mol. The molecule has 3 heteroatoms. The zero-order valence-electron chi connectivity index (χ0n) is 15.4. The van der Waals surface area contributed by atoms with E-state index in [1.54, 1.807) is 0 Å². The van der Waals surface area contributed by atoms with E-state index < -0.39 is 0 Å². The molecule has 1 fully saturated rings. The first-order chi connectivity index (χ1) is 9.88. The summed E-state index contributed by atoms with van der Waals surface area (Å²) in [6.45, 7) is 21.4. The first kappa shape index (κ1) is 18.9. The van der Waals surface area contributed by atoms with E-state index in [0.717, 1.165) is 12.6 Å². The minimum absolute atomic E-state index is 0.355. The van der Waals surface area contributed by atoms with E-state index in [1.165, 1.54) is 52.0 Å². The zero-order chi connectivity index (χ0) is 15.9. The molecule has 1 rings (SSSR count). The Kier molecular flexibility index (Phi) is 8.22. The summed E-state index contributed by atoms with van der Waals surface area (Å²) in [6, 6.07) is 1.38. The van der Waals surface area contributed by atoms with Crippen LogP contribution in [0.4, 0.5) is 0 Å². The molecule has 0 aromatic heterocycles. The molecule has 2 unspecified atom stereocenters. The van der Waals surface area contributed by atoms with E-state index >= 15 is 0 Å². The molecule has 2 atom stereocenters. The topological polar surface area (TPSA) is 18.5 Å². The molecule has 0 amide bonds. The third-order valence-electron chi connectivity index (χ3n) is 5.04. The van der Waals surface area contributed by atoms with Crippen molar-refractivity contribution in [1.82, 2.24) is 15.1 Å². The molecule has 3 nitrogen and oxygen atoms in total. The van der Waals surface area contributed by atoms with Gasteiger partial charge >= 0.3 is 0 Å². The van der Waals surface area contributed by atoms with Crippen molar-refractivity contribution in [2.75, 3.05) is 39.3 Å². The van der Waals surface area contributed by atoms with Crippen molar-refractivity contribution < 1.29 is 0 Å². The number of hydrogen-bond donors (Lipinski definition) is 1. The summed E-state index contributed by atoms with van der Waals surface area (Å²) in [6.07, 6.45) is 3.76. The summed E-state index contributed by atoms with van der Waals surface area (Å²) in [5, 5.41) is 3.75. The second-order valence-corrected chi connectivity index (χ2v) is 7.80. The van der Waals surface area contributed by atoms with E-state index in [0.29, 0.717) is 11.5 Å². The summed E-state index contributed by atoms with van der Waals surface area (Å²) in [5.41, 5.74) is 0.355. The highest BCUT2D eigenvalue weighted by atomic mass is 15.3. The van der Waals surface area contributed by atoms with Crippen LogP contribution in [0.25, 0.3) is 0 Å². The molecule has 0 saturated carbocycles. The Morgan fingerprint density at radius 1 is 1.05 bits per heavy atom. The van der Waals surface area contributed by atoms with Gasteiger partial charge in [0.25, 0.3) is 0 Å². The largest absolute Gasteiger partial charge is 0.313 e. The van der Waals surface area contributed by atoms with Crippen LogP contribution in [0.15, 0.2) is 0 Å². The highest BCUT2D eigenvalue weighted by Gasteiger charge is 2.25.